The summed E-state index contributed by atoms with van der Waals surface area (Å²) < 4.78 is 4.94. The molecule has 7 rings (SSSR count). The summed E-state index contributed by atoms with van der Waals surface area (Å²) in [6, 6.07) is 4.44. The van der Waals surface area contributed by atoms with Gasteiger partial charge in [0.25, 0.3) is 0 Å². The van der Waals surface area contributed by atoms with E-state index in [4.69, 9.17) is 4.74 Å². The fraction of sp³-hybridized carbons (Fsp3) is 0.538. The zero-order chi connectivity index (χ0) is 37.7. The number of aliphatic hydroxyl groups is 1. The number of alkyl halides is 2. The lowest BCUT2D eigenvalue weighted by atomic mass is 9.96. The maximum atomic E-state index is 12.8. The molecule has 2 aliphatic carbocycles. The van der Waals surface area contributed by atoms with Gasteiger partial charge < -0.3 is 20.5 Å². The van der Waals surface area contributed by atoms with E-state index in [-0.39, 0.29) is 24.2 Å². The second kappa shape index (κ2) is 20.9. The van der Waals surface area contributed by atoms with Gasteiger partial charge in [-0.05, 0) is 96.2 Å². The minimum Gasteiger partial charge on any atom is -0.396 e. The van der Waals surface area contributed by atoms with Gasteiger partial charge in [0, 0.05) is 55.0 Å². The third-order valence-corrected chi connectivity index (χ3v) is 13.6. The van der Waals surface area contributed by atoms with Crippen LogP contribution < -0.4 is 10.6 Å². The Balaban J connectivity index is 0.000000180. The summed E-state index contributed by atoms with van der Waals surface area (Å²) in [5, 5.41) is 21.8. The standard InChI is InChI=1S/C18H22BrN3OS.C17H20BrN3O2S.C4H8O/c1-3-13-6-14(4-11(13)2)22-18-15(8-20-10-21-18)17(23)16-5-12(7-19)9-24-16;1-10-2-13(4-12(10)7-22)21-17-14(6-19-9-20-17)16(23)15-3-11(5-18)8-24-15;1-2-4-5-3-1/h5,8-11,13-14H,3-4,6-7H2,1-2H3,(H,20,21,22);3,6,8-10,12-13,22H,2,4-5,7H2,1H3,(H,19,20,21);1-4H2/t11-,13-,14-;10-,12+,13-;/m00./s1. The summed E-state index contributed by atoms with van der Waals surface area (Å²) in [6.45, 7) is 8.93. The Morgan fingerprint density at radius 3 is 1.62 bits per heavy atom. The third kappa shape index (κ3) is 11.5. The molecule has 3 aliphatic rings. The first-order valence-electron chi connectivity index (χ1n) is 18.4. The Kier molecular flexibility index (Phi) is 16.4. The summed E-state index contributed by atoms with van der Waals surface area (Å²) in [5.74, 6) is 3.43. The molecule has 4 aromatic heterocycles. The van der Waals surface area contributed by atoms with Crippen LogP contribution in [0.2, 0.25) is 0 Å². The van der Waals surface area contributed by atoms with Crippen molar-refractivity contribution in [1.82, 2.24) is 19.9 Å². The number of hydrogen-bond donors (Lipinski definition) is 3. The number of anilines is 2. The van der Waals surface area contributed by atoms with Gasteiger partial charge in [-0.3, -0.25) is 9.59 Å². The Morgan fingerprint density at radius 2 is 1.26 bits per heavy atom. The van der Waals surface area contributed by atoms with Crippen molar-refractivity contribution in [3.8, 4) is 0 Å². The lowest BCUT2D eigenvalue weighted by molar-refractivity contribution is 0.103. The topological polar surface area (TPSA) is 139 Å². The van der Waals surface area contributed by atoms with Crippen LogP contribution in [0.5, 0.6) is 0 Å². The molecule has 0 bridgehead atoms. The SMILES string of the molecule is C1CCOC1.CC[C@H]1C[C@@H](Nc2ncncc2C(=O)c2cc(CBr)cs2)C[C@@H]1C.C[C@H]1C[C@H](Nc2ncncc2C(=O)c2cc(CBr)cs2)C[C@@H]1CO. The van der Waals surface area contributed by atoms with Gasteiger partial charge in [-0.1, -0.05) is 59.1 Å². The van der Waals surface area contributed by atoms with E-state index in [1.807, 2.05) is 22.9 Å². The van der Waals surface area contributed by atoms with E-state index in [1.54, 1.807) is 12.4 Å². The number of rotatable bonds is 12. The number of thiophene rings is 2. The van der Waals surface area contributed by atoms with Crippen LogP contribution >= 0.6 is 54.5 Å². The van der Waals surface area contributed by atoms with E-state index < -0.39 is 0 Å². The third-order valence-electron chi connectivity index (χ3n) is 10.3. The maximum Gasteiger partial charge on any atom is 0.208 e. The summed E-state index contributed by atoms with van der Waals surface area (Å²) >= 11 is 9.74. The van der Waals surface area contributed by atoms with E-state index in [0.29, 0.717) is 51.4 Å². The number of carbonyl (C=O) groups excluding carboxylic acids is 2. The molecule has 0 amide bonds. The summed E-state index contributed by atoms with van der Waals surface area (Å²) in [7, 11) is 0. The number of hydrogen-bond acceptors (Lipinski definition) is 12. The van der Waals surface area contributed by atoms with Gasteiger partial charge in [-0.15, -0.1) is 22.7 Å². The zero-order valence-electron chi connectivity index (χ0n) is 30.6. The van der Waals surface area contributed by atoms with Crippen molar-refractivity contribution in [2.75, 3.05) is 30.5 Å². The lowest BCUT2D eigenvalue weighted by Gasteiger charge is -2.15. The molecular weight excluding hydrogens is 840 g/mol. The van der Waals surface area contributed by atoms with Crippen molar-refractivity contribution < 1.29 is 19.4 Å². The Morgan fingerprint density at radius 1 is 0.792 bits per heavy atom. The Bertz CT molecular complexity index is 1640. The summed E-state index contributed by atoms with van der Waals surface area (Å²) in [5.41, 5.74) is 3.27. The molecule has 0 aromatic carbocycles. The monoisotopic (exact) mass is 888 g/mol. The molecule has 5 heterocycles. The van der Waals surface area contributed by atoms with E-state index in [0.717, 1.165) is 71.5 Å². The number of aromatic nitrogens is 4. The van der Waals surface area contributed by atoms with Crippen LogP contribution in [-0.2, 0) is 15.4 Å². The van der Waals surface area contributed by atoms with Crippen molar-refractivity contribution in [3.05, 3.63) is 79.9 Å². The van der Waals surface area contributed by atoms with E-state index in [9.17, 15) is 14.7 Å². The fourth-order valence-corrected chi connectivity index (χ4v) is 10.1. The van der Waals surface area contributed by atoms with Crippen LogP contribution in [0, 0.1) is 23.7 Å². The number of aliphatic hydroxyl groups excluding tert-OH is 1. The van der Waals surface area contributed by atoms with Crippen molar-refractivity contribution in [3.63, 3.8) is 0 Å². The molecule has 6 atom stereocenters. The van der Waals surface area contributed by atoms with Crippen molar-refractivity contribution in [1.29, 1.82) is 0 Å². The molecule has 2 saturated carbocycles. The molecule has 0 spiro atoms. The Labute approximate surface area is 337 Å². The van der Waals surface area contributed by atoms with Gasteiger partial charge in [0.05, 0.1) is 20.9 Å². The molecule has 53 heavy (non-hydrogen) atoms. The highest BCUT2D eigenvalue weighted by molar-refractivity contribution is 9.08. The highest BCUT2D eigenvalue weighted by atomic mass is 79.9. The minimum absolute atomic E-state index is 0.00612. The van der Waals surface area contributed by atoms with Crippen LogP contribution in [0.1, 0.15) is 107 Å². The first-order chi connectivity index (χ1) is 25.7. The van der Waals surface area contributed by atoms with Crippen LogP contribution in [0.3, 0.4) is 0 Å². The predicted octanol–water partition coefficient (Wildman–Crippen LogP) is 9.18. The molecular formula is C39H50Br2N6O4S2. The van der Waals surface area contributed by atoms with Gasteiger partial charge in [0.15, 0.2) is 0 Å². The molecule has 3 fully saturated rings. The highest BCUT2D eigenvalue weighted by Crippen LogP contribution is 2.36. The minimum atomic E-state index is -0.0555. The van der Waals surface area contributed by atoms with E-state index >= 15 is 0 Å². The lowest BCUT2D eigenvalue weighted by Crippen LogP contribution is -2.19. The molecule has 3 N–H and O–H groups in total. The number of nitrogens with zero attached hydrogens (tertiary/aromatic N) is 4. The van der Waals surface area contributed by atoms with Gasteiger partial charge in [-0.25, -0.2) is 19.9 Å². The van der Waals surface area contributed by atoms with Gasteiger partial charge in [-0.2, -0.15) is 0 Å². The van der Waals surface area contributed by atoms with Crippen LogP contribution in [-0.4, -0.2) is 68.5 Å². The predicted molar refractivity (Wildman–Crippen MR) is 221 cm³/mol. The summed E-state index contributed by atoms with van der Waals surface area (Å²) in [4.78, 5) is 43.8. The maximum absolute atomic E-state index is 12.8. The molecule has 14 heteroatoms. The van der Waals surface area contributed by atoms with Crippen LogP contribution in [0.25, 0.3) is 0 Å². The first kappa shape index (κ1) is 41.5. The largest absolute Gasteiger partial charge is 0.396 e. The smallest absolute Gasteiger partial charge is 0.208 e. The number of nitrogens with one attached hydrogen (secondary N) is 2. The number of ketones is 2. The normalized spacial score (nSPS) is 23.4. The second-order valence-corrected chi connectivity index (χ2v) is 17.1. The summed E-state index contributed by atoms with van der Waals surface area (Å²) in [6.07, 6.45) is 14.1. The number of halogens is 2. The molecule has 1 aliphatic heterocycles. The van der Waals surface area contributed by atoms with Crippen molar-refractivity contribution in [2.24, 2.45) is 23.7 Å². The molecule has 0 unspecified atom stereocenters. The van der Waals surface area contributed by atoms with Crippen molar-refractivity contribution in [2.45, 2.75) is 88.5 Å². The first-order valence-corrected chi connectivity index (χ1v) is 22.4. The number of carbonyl (C=O) groups is 2. The van der Waals surface area contributed by atoms with E-state index in [1.165, 1.54) is 54.6 Å². The molecule has 286 valence electrons. The molecule has 10 nitrogen and oxygen atoms in total. The molecule has 1 saturated heterocycles. The Hall–Kier alpha value is -2.62. The average Bonchev–Trinajstić information content (AvgIpc) is 4.03. The number of ether oxygens (including phenoxy) is 1. The average molecular weight is 891 g/mol. The van der Waals surface area contributed by atoms with Gasteiger partial charge in [0.2, 0.25) is 11.6 Å². The van der Waals surface area contributed by atoms with E-state index in [2.05, 4.69) is 83.2 Å². The van der Waals surface area contributed by atoms with Gasteiger partial charge in [0.1, 0.15) is 24.3 Å². The van der Waals surface area contributed by atoms with Crippen LogP contribution in [0.15, 0.2) is 47.9 Å². The molecule has 4 aromatic rings. The quantitative estimate of drug-likeness (QED) is 0.0933. The van der Waals surface area contributed by atoms with Gasteiger partial charge >= 0.3 is 0 Å². The second-order valence-electron chi connectivity index (χ2n) is 14.1. The zero-order valence-corrected chi connectivity index (χ0v) is 35.4. The molecule has 0 radical (unpaired) electrons. The fourth-order valence-electron chi connectivity index (χ4n) is 7.24. The van der Waals surface area contributed by atoms with Crippen molar-refractivity contribution >= 4 is 77.7 Å². The highest BCUT2D eigenvalue weighted by Gasteiger charge is 2.32. The van der Waals surface area contributed by atoms with Crippen LogP contribution in [0.4, 0.5) is 11.6 Å².